The zero-order valence-electron chi connectivity index (χ0n) is 15.8. The summed E-state index contributed by atoms with van der Waals surface area (Å²) in [5.74, 6) is 0.0407. The molecule has 146 valence electrons. The molecule has 0 bridgehead atoms. The summed E-state index contributed by atoms with van der Waals surface area (Å²) < 4.78 is 32.4. The van der Waals surface area contributed by atoms with Crippen LogP contribution in [0.25, 0.3) is 0 Å². The van der Waals surface area contributed by atoms with E-state index in [9.17, 15) is 13.2 Å². The van der Waals surface area contributed by atoms with Crippen molar-refractivity contribution in [1.82, 2.24) is 10.3 Å². The third-order valence-corrected chi connectivity index (χ3v) is 5.98. The van der Waals surface area contributed by atoms with Gasteiger partial charge in [0.2, 0.25) is 0 Å². The zero-order valence-corrected chi connectivity index (χ0v) is 16.6. The summed E-state index contributed by atoms with van der Waals surface area (Å²) in [6, 6.07) is 7.75. The number of methoxy groups -OCH3 is 1. The summed E-state index contributed by atoms with van der Waals surface area (Å²) in [6.45, 7) is 2.59. The lowest BCUT2D eigenvalue weighted by molar-refractivity contribution is 0.0949. The fraction of sp³-hybridized carbons (Fsp3) is 0.368. The lowest BCUT2D eigenvalue weighted by Crippen LogP contribution is -2.31. The van der Waals surface area contributed by atoms with Crippen molar-refractivity contribution >= 4 is 21.6 Å². The molecular formula is C19H25N3O4S. The van der Waals surface area contributed by atoms with E-state index >= 15 is 0 Å². The molecule has 0 saturated carbocycles. The molecule has 2 rings (SSSR count). The van der Waals surface area contributed by atoms with Gasteiger partial charge in [-0.2, -0.15) is 0 Å². The number of pyridine rings is 1. The molecular weight excluding hydrogens is 366 g/mol. The molecule has 1 aromatic heterocycles. The first-order valence-corrected chi connectivity index (χ1v) is 10.2. The second kappa shape index (κ2) is 9.36. The van der Waals surface area contributed by atoms with Gasteiger partial charge in [-0.25, -0.2) is 8.42 Å². The van der Waals surface area contributed by atoms with E-state index in [1.54, 1.807) is 18.2 Å². The van der Waals surface area contributed by atoms with Gasteiger partial charge in [0.15, 0.2) is 0 Å². The van der Waals surface area contributed by atoms with Gasteiger partial charge in [-0.1, -0.05) is 31.9 Å². The van der Waals surface area contributed by atoms with Crippen LogP contribution in [0.2, 0.25) is 0 Å². The van der Waals surface area contributed by atoms with Crippen LogP contribution in [0.15, 0.2) is 47.6 Å². The van der Waals surface area contributed by atoms with Crippen molar-refractivity contribution in [1.29, 1.82) is 0 Å². The molecule has 2 aromatic rings. The number of aromatic nitrogens is 1. The zero-order chi connectivity index (χ0) is 19.9. The number of amides is 1. The van der Waals surface area contributed by atoms with E-state index in [1.807, 2.05) is 0 Å². The second-order valence-electron chi connectivity index (χ2n) is 6.01. The number of anilines is 1. The third kappa shape index (κ3) is 4.97. The predicted molar refractivity (Wildman–Crippen MR) is 105 cm³/mol. The SMILES string of the molecule is CCCCCNC(=O)c1ccccc1S(=O)(=O)N(C)c1cncc(OC)c1. The lowest BCUT2D eigenvalue weighted by atomic mass is 10.2. The first-order valence-electron chi connectivity index (χ1n) is 8.77. The highest BCUT2D eigenvalue weighted by Crippen LogP contribution is 2.26. The average molecular weight is 391 g/mol. The van der Waals surface area contributed by atoms with Crippen molar-refractivity contribution in [2.24, 2.45) is 0 Å². The minimum atomic E-state index is -3.95. The lowest BCUT2D eigenvalue weighted by Gasteiger charge is -2.21. The summed E-state index contributed by atoms with van der Waals surface area (Å²) in [7, 11) is -1.05. The Bertz CT molecular complexity index is 884. The summed E-state index contributed by atoms with van der Waals surface area (Å²) in [5.41, 5.74) is 0.462. The highest BCUT2D eigenvalue weighted by Gasteiger charge is 2.27. The van der Waals surface area contributed by atoms with Crippen LogP contribution < -0.4 is 14.4 Å². The molecule has 27 heavy (non-hydrogen) atoms. The molecule has 1 heterocycles. The molecule has 0 radical (unpaired) electrons. The van der Waals surface area contributed by atoms with Crippen LogP contribution >= 0.6 is 0 Å². The number of nitrogens with one attached hydrogen (secondary N) is 1. The first kappa shape index (κ1) is 20.7. The topological polar surface area (TPSA) is 88.6 Å². The number of benzene rings is 1. The highest BCUT2D eigenvalue weighted by atomic mass is 32.2. The Balaban J connectivity index is 2.31. The van der Waals surface area contributed by atoms with Crippen molar-refractivity contribution in [2.75, 3.05) is 25.0 Å². The molecule has 0 atom stereocenters. The van der Waals surface area contributed by atoms with Crippen LogP contribution in [0.1, 0.15) is 36.5 Å². The van der Waals surface area contributed by atoms with E-state index in [0.717, 1.165) is 23.6 Å². The standard InChI is InChI=1S/C19H25N3O4S/c1-4-5-8-11-21-19(23)17-9-6-7-10-18(17)27(24,25)22(2)15-12-16(26-3)14-20-13-15/h6-7,9-10,12-14H,4-5,8,11H2,1-3H3,(H,21,23). The molecule has 0 unspecified atom stereocenters. The minimum absolute atomic E-state index is 0.0525. The van der Waals surface area contributed by atoms with E-state index in [0.29, 0.717) is 18.0 Å². The number of carbonyl (C=O) groups excluding carboxylic acids is 1. The van der Waals surface area contributed by atoms with Crippen LogP contribution in [-0.2, 0) is 10.0 Å². The minimum Gasteiger partial charge on any atom is -0.495 e. The first-order chi connectivity index (χ1) is 12.9. The third-order valence-electron chi connectivity index (χ3n) is 4.13. The number of hydrogen-bond donors (Lipinski definition) is 1. The van der Waals surface area contributed by atoms with E-state index in [4.69, 9.17) is 4.74 Å². The summed E-state index contributed by atoms with van der Waals surface area (Å²) in [4.78, 5) is 16.4. The molecule has 0 aliphatic carbocycles. The van der Waals surface area contributed by atoms with Gasteiger partial charge in [0.25, 0.3) is 15.9 Å². The predicted octanol–water partition coefficient (Wildman–Crippen LogP) is 2.84. The van der Waals surface area contributed by atoms with Gasteiger partial charge in [0.1, 0.15) is 10.6 Å². The van der Waals surface area contributed by atoms with Crippen LogP contribution in [0.4, 0.5) is 5.69 Å². The molecule has 0 aliphatic rings. The molecule has 0 aliphatic heterocycles. The summed E-state index contributed by atoms with van der Waals surface area (Å²) in [5, 5.41) is 2.79. The molecule has 0 saturated heterocycles. The Kier molecular flexibility index (Phi) is 7.18. The van der Waals surface area contributed by atoms with Gasteiger partial charge >= 0.3 is 0 Å². The number of nitrogens with zero attached hydrogens (tertiary/aromatic N) is 2. The molecule has 1 aromatic carbocycles. The number of hydrogen-bond acceptors (Lipinski definition) is 5. The fourth-order valence-corrected chi connectivity index (χ4v) is 3.89. The average Bonchev–Trinajstić information content (AvgIpc) is 2.70. The Labute approximate surface area is 160 Å². The van der Waals surface area contributed by atoms with Gasteiger partial charge in [0.05, 0.1) is 30.8 Å². The summed E-state index contributed by atoms with van der Waals surface area (Å²) in [6.07, 6.45) is 5.81. The fourth-order valence-electron chi connectivity index (χ4n) is 2.53. The van der Waals surface area contributed by atoms with E-state index in [-0.39, 0.29) is 10.5 Å². The van der Waals surface area contributed by atoms with Crippen LogP contribution in [0.5, 0.6) is 5.75 Å². The van der Waals surface area contributed by atoms with Crippen molar-refractivity contribution in [2.45, 2.75) is 31.1 Å². The number of carbonyl (C=O) groups is 1. The molecule has 8 heteroatoms. The Hall–Kier alpha value is -2.61. The maximum atomic E-state index is 13.1. The maximum absolute atomic E-state index is 13.1. The van der Waals surface area contributed by atoms with Gasteiger partial charge in [0, 0.05) is 19.7 Å². The normalized spacial score (nSPS) is 11.1. The Morgan fingerprint density at radius 2 is 1.96 bits per heavy atom. The van der Waals surface area contributed by atoms with Crippen LogP contribution in [0.3, 0.4) is 0 Å². The number of sulfonamides is 1. The number of ether oxygens (including phenoxy) is 1. The van der Waals surface area contributed by atoms with Gasteiger partial charge in [-0.15, -0.1) is 0 Å². The molecule has 0 fully saturated rings. The Morgan fingerprint density at radius 1 is 1.22 bits per heavy atom. The van der Waals surface area contributed by atoms with Crippen molar-refractivity contribution in [3.63, 3.8) is 0 Å². The van der Waals surface area contributed by atoms with Gasteiger partial charge < -0.3 is 10.1 Å². The van der Waals surface area contributed by atoms with Gasteiger partial charge in [-0.3, -0.25) is 14.1 Å². The quantitative estimate of drug-likeness (QED) is 0.664. The second-order valence-corrected chi connectivity index (χ2v) is 7.95. The summed E-state index contributed by atoms with van der Waals surface area (Å²) >= 11 is 0. The highest BCUT2D eigenvalue weighted by molar-refractivity contribution is 7.92. The van der Waals surface area contributed by atoms with Gasteiger partial charge in [-0.05, 0) is 18.6 Å². The Morgan fingerprint density at radius 3 is 2.67 bits per heavy atom. The van der Waals surface area contributed by atoms with E-state index in [1.165, 1.54) is 38.7 Å². The van der Waals surface area contributed by atoms with E-state index in [2.05, 4.69) is 17.2 Å². The van der Waals surface area contributed by atoms with E-state index < -0.39 is 15.9 Å². The molecule has 1 N–H and O–H groups in total. The van der Waals surface area contributed by atoms with Crippen LogP contribution in [-0.4, -0.2) is 40.0 Å². The molecule has 7 nitrogen and oxygen atoms in total. The largest absolute Gasteiger partial charge is 0.495 e. The molecule has 1 amide bonds. The smallest absolute Gasteiger partial charge is 0.264 e. The monoisotopic (exact) mass is 391 g/mol. The number of rotatable bonds is 9. The van der Waals surface area contributed by atoms with Crippen molar-refractivity contribution in [3.8, 4) is 5.75 Å². The van der Waals surface area contributed by atoms with Crippen molar-refractivity contribution < 1.29 is 17.9 Å². The maximum Gasteiger partial charge on any atom is 0.264 e. The molecule has 0 spiro atoms. The number of unbranched alkanes of at least 4 members (excludes halogenated alkanes) is 2. The van der Waals surface area contributed by atoms with Crippen molar-refractivity contribution in [3.05, 3.63) is 48.3 Å². The van der Waals surface area contributed by atoms with Crippen LogP contribution in [0, 0.1) is 0 Å².